The molecule has 0 heterocycles. The number of nitrogens with two attached hydrogens (primary N) is 2. The fourth-order valence-electron chi connectivity index (χ4n) is 5.16. The summed E-state index contributed by atoms with van der Waals surface area (Å²) in [6.07, 6.45) is 19.3. The molecule has 12 heteroatoms. The maximum absolute atomic E-state index is 13.1. The molecule has 0 aliphatic heterocycles. The van der Waals surface area contributed by atoms with Gasteiger partial charge in [-0.2, -0.15) is 0 Å². The highest BCUT2D eigenvalue weighted by atomic mass is 16.4. The van der Waals surface area contributed by atoms with E-state index in [-0.39, 0.29) is 12.3 Å². The van der Waals surface area contributed by atoms with Crippen molar-refractivity contribution in [3.05, 3.63) is 0 Å². The van der Waals surface area contributed by atoms with E-state index in [1.165, 1.54) is 78.1 Å². The van der Waals surface area contributed by atoms with Crippen molar-refractivity contribution in [2.24, 2.45) is 11.5 Å². The van der Waals surface area contributed by atoms with E-state index >= 15 is 0 Å². The Labute approximate surface area is 277 Å². The topological polar surface area (TPSA) is 206 Å². The molecule has 268 valence electrons. The lowest BCUT2D eigenvalue weighted by Crippen LogP contribution is -2.56. The van der Waals surface area contributed by atoms with Crippen molar-refractivity contribution in [3.8, 4) is 0 Å². The third-order valence-corrected chi connectivity index (χ3v) is 8.17. The maximum Gasteiger partial charge on any atom is 0.326 e. The molecule has 0 unspecified atom stereocenters. The fraction of sp³-hybridized carbons (Fsp3) is 0.853. The normalized spacial score (nSPS) is 13.7. The first-order valence-corrected chi connectivity index (χ1v) is 17.9. The number of aliphatic carboxylic acids is 1. The van der Waals surface area contributed by atoms with Gasteiger partial charge in [-0.3, -0.25) is 19.2 Å². The Morgan fingerprint density at radius 2 is 0.935 bits per heavy atom. The Hall–Kier alpha value is -2.73. The summed E-state index contributed by atoms with van der Waals surface area (Å²) in [4.78, 5) is 62.5. The molecule has 0 aliphatic carbocycles. The number of hydrogen-bond acceptors (Lipinski definition) is 7. The molecule has 0 saturated heterocycles. The number of carboxylic acids is 1. The van der Waals surface area contributed by atoms with Crippen molar-refractivity contribution in [2.45, 2.75) is 173 Å². The van der Waals surface area contributed by atoms with Gasteiger partial charge in [-0.1, -0.05) is 84.0 Å². The molecule has 12 nitrogen and oxygen atoms in total. The van der Waals surface area contributed by atoms with Gasteiger partial charge < -0.3 is 37.8 Å². The second-order valence-electron chi connectivity index (χ2n) is 12.5. The van der Waals surface area contributed by atoms with E-state index in [4.69, 9.17) is 11.5 Å². The summed E-state index contributed by atoms with van der Waals surface area (Å²) in [5, 5.41) is 19.8. The largest absolute Gasteiger partial charge is 0.480 e. The van der Waals surface area contributed by atoms with E-state index in [1.54, 1.807) is 0 Å². The van der Waals surface area contributed by atoms with Crippen LogP contribution in [0, 0.1) is 0 Å². The molecular weight excluding hydrogens is 588 g/mol. The first kappa shape index (κ1) is 43.3. The third kappa shape index (κ3) is 22.7. The Balaban J connectivity index is 4.58. The first-order valence-electron chi connectivity index (χ1n) is 17.9. The number of rotatable bonds is 30. The monoisotopic (exact) mass is 655 g/mol. The van der Waals surface area contributed by atoms with Crippen LogP contribution in [-0.4, -0.2) is 72.0 Å². The first-order chi connectivity index (χ1) is 22.1. The summed E-state index contributed by atoms with van der Waals surface area (Å²) in [5.41, 5.74) is 11.1. The lowest BCUT2D eigenvalue weighted by atomic mass is 10.0. The molecular formula is C34H66N6O6. The lowest BCUT2D eigenvalue weighted by molar-refractivity contribution is -0.142. The third-order valence-electron chi connectivity index (χ3n) is 8.17. The van der Waals surface area contributed by atoms with Crippen LogP contribution in [0.15, 0.2) is 0 Å². The molecule has 0 saturated carbocycles. The van der Waals surface area contributed by atoms with Crippen molar-refractivity contribution < 1.29 is 29.1 Å². The summed E-state index contributed by atoms with van der Waals surface area (Å²) >= 11 is 0. The van der Waals surface area contributed by atoms with E-state index < -0.39 is 47.9 Å². The van der Waals surface area contributed by atoms with Crippen molar-refractivity contribution in [1.29, 1.82) is 0 Å². The molecule has 0 spiro atoms. The standard InChI is InChI=1S/C34H66N6O6/c1-4-5-6-7-8-9-10-11-12-13-14-15-16-23-30(41)39-28(21-17-19-24-35)33(44)38-26(2)31(42)37-27(3)32(43)40-29(34(45)46)22-18-20-25-36/h26-29H,4-25,35-36H2,1-3H3,(H,37,42)(H,38,44)(H,39,41)(H,40,43)(H,45,46)/t26-,27-,28-,29-/m0/s1. The Morgan fingerprint density at radius 1 is 0.522 bits per heavy atom. The molecule has 46 heavy (non-hydrogen) atoms. The van der Waals surface area contributed by atoms with Crippen LogP contribution in [-0.2, 0) is 24.0 Å². The average Bonchev–Trinajstić information content (AvgIpc) is 3.02. The van der Waals surface area contributed by atoms with Crippen LogP contribution in [0.3, 0.4) is 0 Å². The van der Waals surface area contributed by atoms with Crippen LogP contribution in [0.1, 0.15) is 149 Å². The molecule has 0 rings (SSSR count). The van der Waals surface area contributed by atoms with Gasteiger partial charge in [0.05, 0.1) is 0 Å². The van der Waals surface area contributed by atoms with Crippen LogP contribution in [0.25, 0.3) is 0 Å². The molecule has 0 aromatic carbocycles. The highest BCUT2D eigenvalue weighted by molar-refractivity contribution is 5.94. The predicted octanol–water partition coefficient (Wildman–Crippen LogP) is 3.79. The van der Waals surface area contributed by atoms with E-state index in [0.29, 0.717) is 51.6 Å². The van der Waals surface area contributed by atoms with Crippen molar-refractivity contribution >= 4 is 29.6 Å². The van der Waals surface area contributed by atoms with E-state index in [1.807, 2.05) is 0 Å². The Morgan fingerprint density at radius 3 is 1.39 bits per heavy atom. The summed E-state index contributed by atoms with van der Waals surface area (Å²) in [7, 11) is 0. The number of unbranched alkanes of at least 4 members (excludes halogenated alkanes) is 14. The minimum absolute atomic E-state index is 0.196. The van der Waals surface area contributed by atoms with Gasteiger partial charge in [0.15, 0.2) is 0 Å². The summed E-state index contributed by atoms with van der Waals surface area (Å²) in [6, 6.07) is -3.91. The predicted molar refractivity (Wildman–Crippen MR) is 183 cm³/mol. The average molecular weight is 655 g/mol. The SMILES string of the molecule is CCCCCCCCCCCCCCCC(=O)N[C@@H](CCCCN)C(=O)N[C@@H](C)C(=O)N[C@@H](C)C(=O)N[C@@H](CCCCN)C(=O)O. The molecule has 0 fully saturated rings. The van der Waals surface area contributed by atoms with Gasteiger partial charge in [-0.25, -0.2) is 4.79 Å². The zero-order valence-electron chi connectivity index (χ0n) is 29.0. The van der Waals surface area contributed by atoms with Crippen LogP contribution < -0.4 is 32.7 Å². The molecule has 4 amide bonds. The van der Waals surface area contributed by atoms with Crippen molar-refractivity contribution in [1.82, 2.24) is 21.3 Å². The molecule has 0 aromatic heterocycles. The van der Waals surface area contributed by atoms with Crippen molar-refractivity contribution in [3.63, 3.8) is 0 Å². The molecule has 0 radical (unpaired) electrons. The van der Waals surface area contributed by atoms with Crippen LogP contribution in [0.2, 0.25) is 0 Å². The zero-order chi connectivity index (χ0) is 34.6. The van der Waals surface area contributed by atoms with E-state index in [0.717, 1.165) is 19.3 Å². The molecule has 9 N–H and O–H groups in total. The molecule has 0 aliphatic rings. The van der Waals surface area contributed by atoms with Crippen LogP contribution >= 0.6 is 0 Å². The number of carboxylic acid groups (broad SMARTS) is 1. The summed E-state index contributed by atoms with van der Waals surface area (Å²) < 4.78 is 0. The lowest BCUT2D eigenvalue weighted by Gasteiger charge is -2.23. The van der Waals surface area contributed by atoms with Gasteiger partial charge in [0.25, 0.3) is 0 Å². The number of carbonyl (C=O) groups is 5. The maximum atomic E-state index is 13.1. The summed E-state index contributed by atoms with van der Waals surface area (Å²) in [6.45, 7) is 6.05. The number of amides is 4. The summed E-state index contributed by atoms with van der Waals surface area (Å²) in [5.74, 6) is -3.10. The fourth-order valence-corrected chi connectivity index (χ4v) is 5.16. The number of hydrogen-bond donors (Lipinski definition) is 7. The Kier molecular flexibility index (Phi) is 26.8. The van der Waals surface area contributed by atoms with Crippen molar-refractivity contribution in [2.75, 3.05) is 13.1 Å². The molecule has 0 bridgehead atoms. The zero-order valence-corrected chi connectivity index (χ0v) is 29.0. The minimum Gasteiger partial charge on any atom is -0.480 e. The quantitative estimate of drug-likeness (QED) is 0.0566. The van der Waals surface area contributed by atoms with E-state index in [9.17, 15) is 29.1 Å². The Bertz CT molecular complexity index is 858. The van der Waals surface area contributed by atoms with Crippen LogP contribution in [0.4, 0.5) is 0 Å². The van der Waals surface area contributed by atoms with Gasteiger partial charge in [0.2, 0.25) is 23.6 Å². The van der Waals surface area contributed by atoms with Gasteiger partial charge in [0.1, 0.15) is 24.2 Å². The van der Waals surface area contributed by atoms with Gasteiger partial charge in [-0.05, 0) is 71.9 Å². The second kappa shape index (κ2) is 28.5. The van der Waals surface area contributed by atoms with Gasteiger partial charge >= 0.3 is 5.97 Å². The second-order valence-corrected chi connectivity index (χ2v) is 12.5. The highest BCUT2D eigenvalue weighted by Gasteiger charge is 2.27. The van der Waals surface area contributed by atoms with Crippen LogP contribution in [0.5, 0.6) is 0 Å². The minimum atomic E-state index is -1.17. The molecule has 4 atom stereocenters. The number of nitrogens with one attached hydrogen (secondary N) is 4. The number of carbonyl (C=O) groups excluding carboxylic acids is 4. The van der Waals surface area contributed by atoms with Gasteiger partial charge in [0, 0.05) is 6.42 Å². The molecule has 0 aromatic rings. The highest BCUT2D eigenvalue weighted by Crippen LogP contribution is 2.13. The van der Waals surface area contributed by atoms with Gasteiger partial charge in [-0.15, -0.1) is 0 Å². The van der Waals surface area contributed by atoms with E-state index in [2.05, 4.69) is 28.2 Å². The smallest absolute Gasteiger partial charge is 0.326 e.